The number of carbonyl (C=O) groups excluding carboxylic acids is 1. The van der Waals surface area contributed by atoms with Crippen molar-refractivity contribution < 1.29 is 9.21 Å². The molecule has 2 N–H and O–H groups in total. The molecule has 0 unspecified atom stereocenters. The second-order valence-corrected chi connectivity index (χ2v) is 7.68. The van der Waals surface area contributed by atoms with Gasteiger partial charge in [0.25, 0.3) is 5.91 Å². The number of nitrogens with one attached hydrogen (secondary N) is 2. The van der Waals surface area contributed by atoms with Crippen molar-refractivity contribution in [3.63, 3.8) is 0 Å². The fraction of sp³-hybridized carbons (Fsp3) is 0.200. The molecule has 0 aliphatic heterocycles. The van der Waals surface area contributed by atoms with Gasteiger partial charge in [0.2, 0.25) is 0 Å². The SMILES string of the molecule is CN(C)CCn1c(=O)oc2ccc(NC(=O)c3c[nH]c4cccc(Br)c34)cc21. The van der Waals surface area contributed by atoms with Crippen molar-refractivity contribution in [2.75, 3.05) is 26.0 Å². The van der Waals surface area contributed by atoms with Gasteiger partial charge in [-0.1, -0.05) is 22.0 Å². The van der Waals surface area contributed by atoms with E-state index in [-0.39, 0.29) is 5.91 Å². The number of anilines is 1. The number of hydrogen-bond donors (Lipinski definition) is 2. The van der Waals surface area contributed by atoms with Crippen LogP contribution in [-0.2, 0) is 6.54 Å². The maximum Gasteiger partial charge on any atom is 0.419 e. The van der Waals surface area contributed by atoms with E-state index >= 15 is 0 Å². The summed E-state index contributed by atoms with van der Waals surface area (Å²) in [7, 11) is 3.89. The summed E-state index contributed by atoms with van der Waals surface area (Å²) in [6.07, 6.45) is 1.69. The Kier molecular flexibility index (Phi) is 4.82. The quantitative estimate of drug-likeness (QED) is 0.493. The normalized spacial score (nSPS) is 11.6. The van der Waals surface area contributed by atoms with Gasteiger partial charge in [-0.3, -0.25) is 9.36 Å². The molecule has 0 spiro atoms. The third-order valence-electron chi connectivity index (χ3n) is 4.60. The van der Waals surface area contributed by atoms with Gasteiger partial charge in [0.1, 0.15) is 0 Å². The fourth-order valence-electron chi connectivity index (χ4n) is 3.17. The average molecular weight is 443 g/mol. The summed E-state index contributed by atoms with van der Waals surface area (Å²) >= 11 is 3.50. The first-order valence-electron chi connectivity index (χ1n) is 8.79. The monoisotopic (exact) mass is 442 g/mol. The maximum absolute atomic E-state index is 12.8. The van der Waals surface area contributed by atoms with Gasteiger partial charge < -0.3 is 19.6 Å². The lowest BCUT2D eigenvalue weighted by Crippen LogP contribution is -2.23. The van der Waals surface area contributed by atoms with E-state index in [9.17, 15) is 9.59 Å². The van der Waals surface area contributed by atoms with Crippen molar-refractivity contribution in [2.45, 2.75) is 6.54 Å². The largest absolute Gasteiger partial charge is 0.419 e. The number of fused-ring (bicyclic) bond motifs is 2. The Morgan fingerprint density at radius 3 is 2.89 bits per heavy atom. The summed E-state index contributed by atoms with van der Waals surface area (Å²) in [5.41, 5.74) is 3.17. The average Bonchev–Trinajstić information content (AvgIpc) is 3.21. The molecule has 1 amide bonds. The van der Waals surface area contributed by atoms with Gasteiger partial charge in [0.15, 0.2) is 5.58 Å². The summed E-state index contributed by atoms with van der Waals surface area (Å²) in [6.45, 7) is 1.21. The molecule has 0 fully saturated rings. The molecule has 144 valence electrons. The van der Waals surface area contributed by atoms with Crippen LogP contribution in [0.2, 0.25) is 0 Å². The van der Waals surface area contributed by atoms with Gasteiger partial charge >= 0.3 is 5.76 Å². The van der Waals surface area contributed by atoms with Crippen molar-refractivity contribution in [1.82, 2.24) is 14.5 Å². The zero-order valence-corrected chi connectivity index (χ0v) is 17.0. The van der Waals surface area contributed by atoms with E-state index in [4.69, 9.17) is 4.42 Å². The van der Waals surface area contributed by atoms with Crippen LogP contribution in [0.4, 0.5) is 5.69 Å². The highest BCUT2D eigenvalue weighted by Crippen LogP contribution is 2.28. The fourth-order valence-corrected chi connectivity index (χ4v) is 3.75. The zero-order valence-electron chi connectivity index (χ0n) is 15.5. The first-order chi connectivity index (χ1) is 13.4. The summed E-state index contributed by atoms with van der Waals surface area (Å²) < 4.78 is 7.73. The molecular weight excluding hydrogens is 424 g/mol. The van der Waals surface area contributed by atoms with E-state index in [0.717, 1.165) is 15.4 Å². The van der Waals surface area contributed by atoms with E-state index in [2.05, 4.69) is 26.2 Å². The predicted molar refractivity (Wildman–Crippen MR) is 113 cm³/mol. The molecule has 2 heterocycles. The number of aromatic nitrogens is 2. The lowest BCUT2D eigenvalue weighted by atomic mass is 10.1. The highest BCUT2D eigenvalue weighted by molar-refractivity contribution is 9.10. The number of oxazole rings is 1. The van der Waals surface area contributed by atoms with Crippen molar-refractivity contribution in [1.29, 1.82) is 0 Å². The number of amides is 1. The van der Waals surface area contributed by atoms with Crippen LogP contribution in [-0.4, -0.2) is 41.0 Å². The zero-order chi connectivity index (χ0) is 19.8. The van der Waals surface area contributed by atoms with Crippen molar-refractivity contribution in [2.24, 2.45) is 0 Å². The number of hydrogen-bond acceptors (Lipinski definition) is 4. The van der Waals surface area contributed by atoms with Gasteiger partial charge in [0.05, 0.1) is 11.1 Å². The van der Waals surface area contributed by atoms with E-state index in [1.807, 2.05) is 37.2 Å². The molecule has 0 radical (unpaired) electrons. The van der Waals surface area contributed by atoms with Gasteiger partial charge in [-0.25, -0.2) is 4.79 Å². The number of benzene rings is 2. The summed E-state index contributed by atoms with van der Waals surface area (Å²) in [4.78, 5) is 30.1. The number of nitrogens with zero attached hydrogens (tertiary/aromatic N) is 2. The Hall–Kier alpha value is -2.84. The van der Waals surface area contributed by atoms with Crippen LogP contribution in [0, 0.1) is 0 Å². The summed E-state index contributed by atoms with van der Waals surface area (Å²) in [5, 5.41) is 3.74. The Bertz CT molecular complexity index is 1240. The topological polar surface area (TPSA) is 83.3 Å². The van der Waals surface area contributed by atoms with Gasteiger partial charge in [-0.15, -0.1) is 0 Å². The highest BCUT2D eigenvalue weighted by Gasteiger charge is 2.16. The van der Waals surface area contributed by atoms with Crippen LogP contribution in [0.25, 0.3) is 22.0 Å². The van der Waals surface area contributed by atoms with Crippen LogP contribution in [0.15, 0.2) is 56.3 Å². The molecule has 0 saturated carbocycles. The number of halogens is 1. The minimum atomic E-state index is -0.402. The number of rotatable bonds is 5. The molecule has 0 atom stereocenters. The van der Waals surface area contributed by atoms with E-state index in [1.165, 1.54) is 0 Å². The molecular formula is C20H19BrN4O3. The molecule has 0 saturated heterocycles. The second kappa shape index (κ2) is 7.29. The molecule has 0 bridgehead atoms. The third-order valence-corrected chi connectivity index (χ3v) is 5.26. The predicted octanol–water partition coefficient (Wildman–Crippen LogP) is 3.65. The Morgan fingerprint density at radius 2 is 2.11 bits per heavy atom. The van der Waals surface area contributed by atoms with Crippen molar-refractivity contribution >= 4 is 49.5 Å². The van der Waals surface area contributed by atoms with Crippen LogP contribution < -0.4 is 11.1 Å². The van der Waals surface area contributed by atoms with Crippen LogP contribution in [0.5, 0.6) is 0 Å². The number of likely N-dealkylation sites (N-methyl/N-ethyl adjacent to an activating group) is 1. The number of carbonyl (C=O) groups is 1. The maximum atomic E-state index is 12.8. The minimum Gasteiger partial charge on any atom is -0.408 e. The van der Waals surface area contributed by atoms with Crippen LogP contribution in [0.1, 0.15) is 10.4 Å². The molecule has 8 heteroatoms. The Morgan fingerprint density at radius 1 is 1.29 bits per heavy atom. The number of aromatic amines is 1. The van der Waals surface area contributed by atoms with Crippen molar-refractivity contribution in [3.05, 3.63) is 63.2 Å². The first kappa shape index (κ1) is 18.5. The molecule has 7 nitrogen and oxygen atoms in total. The smallest absolute Gasteiger partial charge is 0.408 e. The lowest BCUT2D eigenvalue weighted by Gasteiger charge is -2.10. The molecule has 4 aromatic rings. The van der Waals surface area contributed by atoms with Gasteiger partial charge in [0, 0.05) is 40.3 Å². The molecule has 0 aliphatic rings. The summed E-state index contributed by atoms with van der Waals surface area (Å²) in [5.74, 6) is -0.635. The molecule has 4 rings (SSSR count). The minimum absolute atomic E-state index is 0.233. The van der Waals surface area contributed by atoms with Crippen molar-refractivity contribution in [3.8, 4) is 0 Å². The Balaban J connectivity index is 1.66. The molecule has 0 aliphatic carbocycles. The van der Waals surface area contributed by atoms with Gasteiger partial charge in [-0.05, 0) is 44.4 Å². The first-order valence-corrected chi connectivity index (χ1v) is 9.58. The van der Waals surface area contributed by atoms with E-state index < -0.39 is 5.76 Å². The molecule has 2 aromatic heterocycles. The van der Waals surface area contributed by atoms with Crippen LogP contribution in [0.3, 0.4) is 0 Å². The Labute approximate surface area is 169 Å². The summed E-state index contributed by atoms with van der Waals surface area (Å²) in [6, 6.07) is 10.9. The lowest BCUT2D eigenvalue weighted by molar-refractivity contribution is 0.102. The highest BCUT2D eigenvalue weighted by atomic mass is 79.9. The third kappa shape index (κ3) is 3.36. The van der Waals surface area contributed by atoms with E-state index in [0.29, 0.717) is 35.4 Å². The van der Waals surface area contributed by atoms with Gasteiger partial charge in [-0.2, -0.15) is 0 Å². The number of H-pyrrole nitrogens is 1. The molecule has 2 aromatic carbocycles. The second-order valence-electron chi connectivity index (χ2n) is 6.82. The van der Waals surface area contributed by atoms with Crippen LogP contribution >= 0.6 is 15.9 Å². The standard InChI is InChI=1S/C20H19BrN4O3/c1-24(2)8-9-25-16-10-12(6-7-17(16)28-20(25)27)23-19(26)13-11-22-15-5-3-4-14(21)18(13)15/h3-7,10-11,22H,8-9H2,1-2H3,(H,23,26). The molecule has 28 heavy (non-hydrogen) atoms. The van der Waals surface area contributed by atoms with E-state index in [1.54, 1.807) is 29.0 Å².